The molecule has 1 fully saturated rings. The van der Waals surface area contributed by atoms with Gasteiger partial charge in [-0.15, -0.1) is 0 Å². The third-order valence-corrected chi connectivity index (χ3v) is 2.99. The van der Waals surface area contributed by atoms with E-state index in [2.05, 4.69) is 0 Å². The largest absolute Gasteiger partial charge is 0.496 e. The molecule has 1 aromatic carbocycles. The van der Waals surface area contributed by atoms with Crippen LogP contribution in [0.4, 0.5) is 4.39 Å². The zero-order chi connectivity index (χ0) is 11.8. The average molecular weight is 225 g/mol. The Bertz CT molecular complexity index is 377. The van der Waals surface area contributed by atoms with Crippen LogP contribution in [0.1, 0.15) is 18.4 Å². The summed E-state index contributed by atoms with van der Waals surface area (Å²) >= 11 is 0. The number of hydrogen-bond acceptors (Lipinski definition) is 3. The van der Waals surface area contributed by atoms with E-state index in [4.69, 9.17) is 15.2 Å². The Morgan fingerprint density at radius 2 is 1.75 bits per heavy atom. The molecule has 2 N–H and O–H groups in total. The van der Waals surface area contributed by atoms with Crippen molar-refractivity contribution < 1.29 is 13.9 Å². The van der Waals surface area contributed by atoms with Gasteiger partial charge >= 0.3 is 0 Å². The van der Waals surface area contributed by atoms with Crippen LogP contribution in [0.5, 0.6) is 11.5 Å². The molecule has 0 atom stereocenters. The summed E-state index contributed by atoms with van der Waals surface area (Å²) in [7, 11) is 3.04. The van der Waals surface area contributed by atoms with Gasteiger partial charge in [0.2, 0.25) is 0 Å². The monoisotopic (exact) mass is 225 g/mol. The molecule has 0 bridgehead atoms. The van der Waals surface area contributed by atoms with E-state index in [1.54, 1.807) is 0 Å². The van der Waals surface area contributed by atoms with Gasteiger partial charge in [0.15, 0.2) is 0 Å². The molecule has 3 nitrogen and oxygen atoms in total. The molecule has 0 aromatic heterocycles. The van der Waals surface area contributed by atoms with Crippen molar-refractivity contribution in [2.45, 2.75) is 24.8 Å². The highest BCUT2D eigenvalue weighted by Crippen LogP contribution is 2.41. The normalized spacial score (nSPS) is 17.0. The fourth-order valence-corrected chi connectivity index (χ4v) is 1.82. The standard InChI is InChI=1S/C12H16FNO2/c1-15-10-5-8(13)6-11(16-2)9(10)7-12(14)3-4-12/h5-6H,3-4,7,14H2,1-2H3. The SMILES string of the molecule is COc1cc(F)cc(OC)c1CC1(N)CC1. The molecule has 0 saturated heterocycles. The van der Waals surface area contributed by atoms with E-state index in [1.165, 1.54) is 26.4 Å². The minimum absolute atomic E-state index is 0.154. The Morgan fingerprint density at radius 3 is 2.12 bits per heavy atom. The van der Waals surface area contributed by atoms with E-state index < -0.39 is 0 Å². The Balaban J connectivity index is 2.38. The van der Waals surface area contributed by atoms with Crippen molar-refractivity contribution in [2.24, 2.45) is 5.73 Å². The van der Waals surface area contributed by atoms with E-state index in [9.17, 15) is 4.39 Å². The topological polar surface area (TPSA) is 44.5 Å². The Morgan fingerprint density at radius 1 is 1.25 bits per heavy atom. The number of rotatable bonds is 4. The van der Waals surface area contributed by atoms with E-state index in [1.807, 2.05) is 0 Å². The Hall–Kier alpha value is -1.29. The summed E-state index contributed by atoms with van der Waals surface area (Å²) < 4.78 is 23.6. The fraction of sp³-hybridized carbons (Fsp3) is 0.500. The van der Waals surface area contributed by atoms with Crippen LogP contribution in [-0.2, 0) is 6.42 Å². The van der Waals surface area contributed by atoms with Gasteiger partial charge in [-0.3, -0.25) is 0 Å². The molecule has 0 aliphatic heterocycles. The molecule has 2 rings (SSSR count). The van der Waals surface area contributed by atoms with Crippen molar-refractivity contribution >= 4 is 0 Å². The van der Waals surface area contributed by atoms with Gasteiger partial charge in [0, 0.05) is 23.2 Å². The molecular weight excluding hydrogens is 209 g/mol. The summed E-state index contributed by atoms with van der Waals surface area (Å²) in [6.45, 7) is 0. The molecule has 1 aromatic rings. The molecule has 16 heavy (non-hydrogen) atoms. The van der Waals surface area contributed by atoms with Gasteiger partial charge in [-0.2, -0.15) is 0 Å². The predicted molar refractivity (Wildman–Crippen MR) is 59.4 cm³/mol. The van der Waals surface area contributed by atoms with Crippen LogP contribution >= 0.6 is 0 Å². The van der Waals surface area contributed by atoms with Gasteiger partial charge in [-0.25, -0.2) is 4.39 Å². The summed E-state index contributed by atoms with van der Waals surface area (Å²) in [5.41, 5.74) is 6.76. The van der Waals surface area contributed by atoms with Crippen molar-refractivity contribution in [3.8, 4) is 11.5 Å². The van der Waals surface area contributed by atoms with Crippen LogP contribution < -0.4 is 15.2 Å². The van der Waals surface area contributed by atoms with Gasteiger partial charge in [0.1, 0.15) is 17.3 Å². The minimum atomic E-state index is -0.362. The summed E-state index contributed by atoms with van der Waals surface area (Å²) in [5, 5.41) is 0. The highest BCUT2D eigenvalue weighted by atomic mass is 19.1. The first kappa shape index (κ1) is 11.2. The van der Waals surface area contributed by atoms with Crippen LogP contribution in [0.3, 0.4) is 0 Å². The molecule has 1 aliphatic rings. The quantitative estimate of drug-likeness (QED) is 0.850. The van der Waals surface area contributed by atoms with Gasteiger partial charge < -0.3 is 15.2 Å². The Labute approximate surface area is 94.3 Å². The first-order chi connectivity index (χ1) is 7.58. The first-order valence-corrected chi connectivity index (χ1v) is 5.27. The molecule has 0 spiro atoms. The van der Waals surface area contributed by atoms with Crippen LogP contribution in [0, 0.1) is 5.82 Å². The second kappa shape index (κ2) is 3.94. The number of halogens is 1. The summed E-state index contributed by atoms with van der Waals surface area (Å²) in [6.07, 6.45) is 2.66. The number of ether oxygens (including phenoxy) is 2. The molecule has 1 aliphatic carbocycles. The highest BCUT2D eigenvalue weighted by molar-refractivity contribution is 5.47. The number of hydrogen-bond donors (Lipinski definition) is 1. The van der Waals surface area contributed by atoms with Gasteiger partial charge in [0.05, 0.1) is 14.2 Å². The zero-order valence-corrected chi connectivity index (χ0v) is 9.55. The summed E-state index contributed by atoms with van der Waals surface area (Å²) in [6, 6.07) is 2.73. The number of nitrogens with two attached hydrogens (primary N) is 1. The van der Waals surface area contributed by atoms with E-state index in [-0.39, 0.29) is 11.4 Å². The van der Waals surface area contributed by atoms with Crippen LogP contribution in [0.25, 0.3) is 0 Å². The number of benzene rings is 1. The van der Waals surface area contributed by atoms with Gasteiger partial charge in [0.25, 0.3) is 0 Å². The lowest BCUT2D eigenvalue weighted by Gasteiger charge is -2.16. The molecule has 0 heterocycles. The highest BCUT2D eigenvalue weighted by Gasteiger charge is 2.39. The van der Waals surface area contributed by atoms with Crippen molar-refractivity contribution in [2.75, 3.05) is 14.2 Å². The maximum absolute atomic E-state index is 13.2. The molecule has 0 radical (unpaired) electrons. The third kappa shape index (κ3) is 2.11. The van der Waals surface area contributed by atoms with Crippen LogP contribution in [0.15, 0.2) is 12.1 Å². The molecule has 1 saturated carbocycles. The average Bonchev–Trinajstić information content (AvgIpc) is 2.98. The van der Waals surface area contributed by atoms with Crippen molar-refractivity contribution in [1.82, 2.24) is 0 Å². The summed E-state index contributed by atoms with van der Waals surface area (Å²) in [5.74, 6) is 0.654. The van der Waals surface area contributed by atoms with Crippen molar-refractivity contribution in [3.63, 3.8) is 0 Å². The lowest BCUT2D eigenvalue weighted by molar-refractivity contribution is 0.376. The maximum Gasteiger partial charge on any atom is 0.130 e. The summed E-state index contributed by atoms with van der Waals surface area (Å²) in [4.78, 5) is 0. The van der Waals surface area contributed by atoms with E-state index in [0.29, 0.717) is 17.9 Å². The van der Waals surface area contributed by atoms with Crippen molar-refractivity contribution in [1.29, 1.82) is 0 Å². The maximum atomic E-state index is 13.2. The molecule has 88 valence electrons. The molecule has 0 unspecified atom stereocenters. The lowest BCUT2D eigenvalue weighted by Crippen LogP contribution is -2.25. The Kier molecular flexibility index (Phi) is 2.76. The lowest BCUT2D eigenvalue weighted by atomic mass is 10.0. The van der Waals surface area contributed by atoms with Gasteiger partial charge in [-0.1, -0.05) is 0 Å². The third-order valence-electron chi connectivity index (χ3n) is 2.99. The van der Waals surface area contributed by atoms with E-state index in [0.717, 1.165) is 18.4 Å². The molecule has 0 amide bonds. The molecular formula is C12H16FNO2. The fourth-order valence-electron chi connectivity index (χ4n) is 1.82. The first-order valence-electron chi connectivity index (χ1n) is 5.27. The van der Waals surface area contributed by atoms with Gasteiger partial charge in [-0.05, 0) is 19.3 Å². The smallest absolute Gasteiger partial charge is 0.130 e. The second-order valence-corrected chi connectivity index (χ2v) is 4.33. The van der Waals surface area contributed by atoms with Crippen LogP contribution in [0.2, 0.25) is 0 Å². The van der Waals surface area contributed by atoms with Crippen molar-refractivity contribution in [3.05, 3.63) is 23.5 Å². The minimum Gasteiger partial charge on any atom is -0.496 e. The molecule has 4 heteroatoms. The van der Waals surface area contributed by atoms with Crippen LogP contribution in [-0.4, -0.2) is 19.8 Å². The number of methoxy groups -OCH3 is 2. The zero-order valence-electron chi connectivity index (χ0n) is 9.55. The predicted octanol–water partition coefficient (Wildman–Crippen LogP) is 1.88. The second-order valence-electron chi connectivity index (χ2n) is 4.33. The van der Waals surface area contributed by atoms with E-state index >= 15 is 0 Å².